The van der Waals surface area contributed by atoms with E-state index in [1.807, 2.05) is 0 Å². The van der Waals surface area contributed by atoms with Crippen molar-refractivity contribution in [1.82, 2.24) is 0 Å². The number of nitrogens with zero attached hydrogens (tertiary/aromatic N) is 1. The van der Waals surface area contributed by atoms with E-state index in [1.54, 1.807) is 18.2 Å². The molecule has 0 amide bonds. The summed E-state index contributed by atoms with van der Waals surface area (Å²) < 4.78 is 5.06. The maximum absolute atomic E-state index is 11.0. The van der Waals surface area contributed by atoms with E-state index in [2.05, 4.69) is 0 Å². The molecule has 0 radical (unpaired) electrons. The molecule has 0 aromatic heterocycles. The van der Waals surface area contributed by atoms with Gasteiger partial charge in [-0.25, -0.2) is 4.79 Å². The lowest BCUT2D eigenvalue weighted by Crippen LogP contribution is -2.12. The van der Waals surface area contributed by atoms with Crippen LogP contribution in [0.25, 0.3) is 0 Å². The summed E-state index contributed by atoms with van der Waals surface area (Å²) in [5, 5.41) is 10.6. The van der Waals surface area contributed by atoms with Crippen LogP contribution in [0.5, 0.6) is 0 Å². The van der Waals surface area contributed by atoms with Crippen LogP contribution >= 0.6 is 0 Å². The van der Waals surface area contributed by atoms with Crippen molar-refractivity contribution in [2.24, 2.45) is 0 Å². The molecule has 0 unspecified atom stereocenters. The molecule has 1 aromatic carbocycles. The monoisotopic (exact) mass is 219 g/mol. The smallest absolute Gasteiger partial charge is 0.331 e. The van der Waals surface area contributed by atoms with Crippen LogP contribution in [0.1, 0.15) is 18.1 Å². The number of rotatable bonds is 2. The second kappa shape index (κ2) is 4.14. The van der Waals surface area contributed by atoms with Crippen molar-refractivity contribution in [2.75, 3.05) is 0 Å². The predicted octanol–water partition coefficient (Wildman–Crippen LogP) is 2.14. The Kier molecular flexibility index (Phi) is 2.68. The summed E-state index contributed by atoms with van der Waals surface area (Å²) in [5.41, 5.74) is 0.648. The lowest BCUT2D eigenvalue weighted by Gasteiger charge is -2.18. The molecular formula is C11H9NO4. The zero-order valence-corrected chi connectivity index (χ0v) is 8.33. The molecule has 0 spiro atoms. The molecule has 5 heteroatoms. The summed E-state index contributed by atoms with van der Waals surface area (Å²) >= 11 is 0. The first-order valence-electron chi connectivity index (χ1n) is 4.78. The lowest BCUT2D eigenvalue weighted by atomic mass is 10.0. The van der Waals surface area contributed by atoms with Gasteiger partial charge in [0.25, 0.3) is 5.69 Å². The first kappa shape index (κ1) is 10.4. The van der Waals surface area contributed by atoms with Crippen molar-refractivity contribution in [2.45, 2.75) is 12.5 Å². The van der Waals surface area contributed by atoms with Crippen molar-refractivity contribution in [3.63, 3.8) is 0 Å². The van der Waals surface area contributed by atoms with Crippen molar-refractivity contribution >= 4 is 11.7 Å². The molecule has 0 saturated carbocycles. The number of esters is 1. The van der Waals surface area contributed by atoms with Gasteiger partial charge in [0.05, 0.1) is 4.92 Å². The Labute approximate surface area is 91.5 Å². The van der Waals surface area contributed by atoms with Gasteiger partial charge < -0.3 is 4.74 Å². The van der Waals surface area contributed by atoms with Crippen LogP contribution in [-0.4, -0.2) is 10.9 Å². The fraction of sp³-hybridized carbons (Fsp3) is 0.182. The molecule has 2 rings (SSSR count). The Hall–Kier alpha value is -2.17. The molecule has 82 valence electrons. The standard InChI is InChI=1S/C11H9NO4/c13-11-6-2-5-10(16-11)8-3-1-4-9(7-8)12(14)15/h1-4,6-7,10H,5H2/t10-/m0/s1. The predicted molar refractivity (Wildman–Crippen MR) is 55.7 cm³/mol. The number of hydrogen-bond acceptors (Lipinski definition) is 4. The van der Waals surface area contributed by atoms with Crippen LogP contribution in [0, 0.1) is 10.1 Å². The topological polar surface area (TPSA) is 69.4 Å². The van der Waals surface area contributed by atoms with Gasteiger partial charge in [-0.1, -0.05) is 18.2 Å². The van der Waals surface area contributed by atoms with Crippen molar-refractivity contribution in [3.05, 3.63) is 52.1 Å². The van der Waals surface area contributed by atoms with E-state index in [-0.39, 0.29) is 5.69 Å². The van der Waals surface area contributed by atoms with Gasteiger partial charge in [0.15, 0.2) is 0 Å². The average Bonchev–Trinajstić information content (AvgIpc) is 2.29. The van der Waals surface area contributed by atoms with E-state index in [9.17, 15) is 14.9 Å². The Morgan fingerprint density at radius 1 is 1.44 bits per heavy atom. The fourth-order valence-electron chi connectivity index (χ4n) is 1.56. The van der Waals surface area contributed by atoms with Gasteiger partial charge >= 0.3 is 5.97 Å². The van der Waals surface area contributed by atoms with E-state index in [0.717, 1.165) is 0 Å². The first-order chi connectivity index (χ1) is 7.66. The van der Waals surface area contributed by atoms with E-state index < -0.39 is 17.0 Å². The van der Waals surface area contributed by atoms with Crippen LogP contribution in [0.15, 0.2) is 36.4 Å². The van der Waals surface area contributed by atoms with Gasteiger partial charge in [-0.3, -0.25) is 10.1 Å². The van der Waals surface area contributed by atoms with Crippen molar-refractivity contribution < 1.29 is 14.5 Å². The molecule has 0 fully saturated rings. The van der Waals surface area contributed by atoms with E-state index in [4.69, 9.17) is 4.74 Å². The van der Waals surface area contributed by atoms with Crippen LogP contribution in [-0.2, 0) is 9.53 Å². The number of nitro groups is 1. The summed E-state index contributed by atoms with van der Waals surface area (Å²) in [4.78, 5) is 21.1. The van der Waals surface area contributed by atoms with Crippen LogP contribution in [0.2, 0.25) is 0 Å². The first-order valence-corrected chi connectivity index (χ1v) is 4.78. The third kappa shape index (κ3) is 2.08. The summed E-state index contributed by atoms with van der Waals surface area (Å²) in [7, 11) is 0. The molecule has 0 N–H and O–H groups in total. The average molecular weight is 219 g/mol. The van der Waals surface area contributed by atoms with Crippen molar-refractivity contribution in [1.29, 1.82) is 0 Å². The molecule has 1 aromatic rings. The maximum atomic E-state index is 11.0. The quantitative estimate of drug-likeness (QED) is 0.434. The Morgan fingerprint density at radius 2 is 2.25 bits per heavy atom. The fourth-order valence-corrected chi connectivity index (χ4v) is 1.56. The van der Waals surface area contributed by atoms with Gasteiger partial charge in [-0.15, -0.1) is 0 Å². The largest absolute Gasteiger partial charge is 0.454 e. The number of hydrogen-bond donors (Lipinski definition) is 0. The molecular weight excluding hydrogens is 210 g/mol. The Bertz CT molecular complexity index is 467. The SMILES string of the molecule is O=C1C=CC[C@@H](c2cccc([N+](=O)[O-])c2)O1. The van der Waals surface area contributed by atoms with Gasteiger partial charge in [-0.05, 0) is 5.56 Å². The number of nitro benzene ring substituents is 1. The minimum Gasteiger partial charge on any atom is -0.454 e. The highest BCUT2D eigenvalue weighted by molar-refractivity contribution is 5.82. The van der Waals surface area contributed by atoms with Crippen LogP contribution in [0.3, 0.4) is 0 Å². The molecule has 16 heavy (non-hydrogen) atoms. The van der Waals surface area contributed by atoms with Gasteiger partial charge in [0, 0.05) is 24.6 Å². The van der Waals surface area contributed by atoms with E-state index in [0.29, 0.717) is 12.0 Å². The number of ether oxygens (including phenoxy) is 1. The van der Waals surface area contributed by atoms with Gasteiger partial charge in [0.2, 0.25) is 0 Å². The lowest BCUT2D eigenvalue weighted by molar-refractivity contribution is -0.385. The number of cyclic esters (lactones) is 1. The molecule has 5 nitrogen and oxygen atoms in total. The Balaban J connectivity index is 2.27. The molecule has 0 saturated heterocycles. The second-order valence-electron chi connectivity index (χ2n) is 3.42. The number of non-ortho nitro benzene ring substituents is 1. The minimum absolute atomic E-state index is 0.00287. The maximum Gasteiger partial charge on any atom is 0.331 e. The minimum atomic E-state index is -0.468. The zero-order valence-electron chi connectivity index (χ0n) is 8.33. The summed E-state index contributed by atoms with van der Waals surface area (Å²) in [6, 6.07) is 6.13. The summed E-state index contributed by atoms with van der Waals surface area (Å²) in [5.74, 6) is -0.414. The summed E-state index contributed by atoms with van der Waals surface area (Å²) in [6.07, 6.45) is 3.19. The van der Waals surface area contributed by atoms with Gasteiger partial charge in [0.1, 0.15) is 6.10 Å². The summed E-state index contributed by atoms with van der Waals surface area (Å²) in [6.45, 7) is 0. The van der Waals surface area contributed by atoms with Crippen molar-refractivity contribution in [3.8, 4) is 0 Å². The third-order valence-corrected chi connectivity index (χ3v) is 2.32. The molecule has 1 aliphatic heterocycles. The highest BCUT2D eigenvalue weighted by atomic mass is 16.6. The highest BCUT2D eigenvalue weighted by Crippen LogP contribution is 2.27. The number of benzene rings is 1. The van der Waals surface area contributed by atoms with E-state index >= 15 is 0 Å². The molecule has 1 aliphatic rings. The second-order valence-corrected chi connectivity index (χ2v) is 3.42. The Morgan fingerprint density at radius 3 is 2.94 bits per heavy atom. The highest BCUT2D eigenvalue weighted by Gasteiger charge is 2.19. The molecule has 1 heterocycles. The molecule has 0 aliphatic carbocycles. The third-order valence-electron chi connectivity index (χ3n) is 2.32. The molecule has 1 atom stereocenters. The van der Waals surface area contributed by atoms with E-state index in [1.165, 1.54) is 18.2 Å². The number of carbonyl (C=O) groups is 1. The zero-order chi connectivity index (χ0) is 11.5. The molecule has 0 bridgehead atoms. The van der Waals surface area contributed by atoms with Crippen LogP contribution in [0.4, 0.5) is 5.69 Å². The normalized spacial score (nSPS) is 19.2. The van der Waals surface area contributed by atoms with Gasteiger partial charge in [-0.2, -0.15) is 0 Å². The number of carbonyl (C=O) groups excluding carboxylic acids is 1. The van der Waals surface area contributed by atoms with Crippen LogP contribution < -0.4 is 0 Å².